The van der Waals surface area contributed by atoms with Crippen molar-refractivity contribution in [1.29, 1.82) is 0 Å². The van der Waals surface area contributed by atoms with Crippen LogP contribution in [0.2, 0.25) is 0 Å². The van der Waals surface area contributed by atoms with E-state index in [0.29, 0.717) is 18.8 Å². The van der Waals surface area contributed by atoms with E-state index in [9.17, 15) is 19.2 Å². The van der Waals surface area contributed by atoms with Gasteiger partial charge in [-0.15, -0.1) is 0 Å². The number of rotatable bonds is 14. The number of ketones is 1. The molecule has 46 heavy (non-hydrogen) atoms. The number of Topliss-reactive ketones (excluding diaryl/α,β-unsaturated/α-hetero) is 1. The van der Waals surface area contributed by atoms with Crippen molar-refractivity contribution in [2.75, 3.05) is 39.1 Å². The van der Waals surface area contributed by atoms with E-state index in [-0.39, 0.29) is 43.2 Å². The van der Waals surface area contributed by atoms with E-state index >= 15 is 0 Å². The maximum Gasteiger partial charge on any atom is 0.409 e. The lowest BCUT2D eigenvalue weighted by Crippen LogP contribution is -2.45. The molecule has 3 aromatic rings. The smallest absolute Gasteiger partial charge is 0.409 e. The minimum absolute atomic E-state index is 0.0482. The van der Waals surface area contributed by atoms with E-state index in [4.69, 9.17) is 9.47 Å². The van der Waals surface area contributed by atoms with Crippen molar-refractivity contribution in [3.05, 3.63) is 89.5 Å². The average molecular weight is 629 g/mol. The van der Waals surface area contributed by atoms with Gasteiger partial charge in [-0.05, 0) is 52.9 Å². The van der Waals surface area contributed by atoms with Crippen molar-refractivity contribution in [2.24, 2.45) is 11.8 Å². The molecule has 0 fully saturated rings. The third-order valence-electron chi connectivity index (χ3n) is 8.18. The van der Waals surface area contributed by atoms with E-state index in [1.165, 1.54) is 4.90 Å². The molecule has 0 bridgehead atoms. The van der Waals surface area contributed by atoms with Gasteiger partial charge in [-0.3, -0.25) is 9.59 Å². The number of anilines is 1. The first-order valence-corrected chi connectivity index (χ1v) is 15.7. The van der Waals surface area contributed by atoms with Gasteiger partial charge in [0.15, 0.2) is 5.78 Å². The number of alkyl carbamates (subject to hydrolysis) is 1. The fourth-order valence-corrected chi connectivity index (χ4v) is 5.48. The Labute approximate surface area is 270 Å². The van der Waals surface area contributed by atoms with Crippen LogP contribution in [0, 0.1) is 11.8 Å². The van der Waals surface area contributed by atoms with Crippen LogP contribution in [0.4, 0.5) is 15.3 Å². The normalized spacial score (nSPS) is 13.3. The Balaban J connectivity index is 1.25. The van der Waals surface area contributed by atoms with Gasteiger partial charge in [0.1, 0.15) is 13.2 Å². The summed E-state index contributed by atoms with van der Waals surface area (Å²) < 4.78 is 11.0. The fourth-order valence-electron chi connectivity index (χ4n) is 5.48. The van der Waals surface area contributed by atoms with Crippen molar-refractivity contribution in [1.82, 2.24) is 15.5 Å². The molecule has 3 N–H and O–H groups in total. The van der Waals surface area contributed by atoms with Gasteiger partial charge in [0.2, 0.25) is 5.91 Å². The van der Waals surface area contributed by atoms with Gasteiger partial charge in [-0.1, -0.05) is 81.4 Å². The average Bonchev–Trinajstić information content (AvgIpc) is 3.37. The van der Waals surface area contributed by atoms with Gasteiger partial charge in [0.05, 0.1) is 6.04 Å². The molecule has 0 unspecified atom stereocenters. The lowest BCUT2D eigenvalue weighted by Gasteiger charge is -2.23. The second-order valence-corrected chi connectivity index (χ2v) is 12.0. The third-order valence-corrected chi connectivity index (χ3v) is 8.18. The molecular formula is C36H44N4O6. The highest BCUT2D eigenvalue weighted by atomic mass is 16.6. The van der Waals surface area contributed by atoms with Gasteiger partial charge < -0.3 is 30.3 Å². The molecule has 1 aliphatic carbocycles. The summed E-state index contributed by atoms with van der Waals surface area (Å²) in [6, 6.07) is 22.3. The summed E-state index contributed by atoms with van der Waals surface area (Å²) in [6.45, 7) is 6.81. The highest BCUT2D eigenvalue weighted by Gasteiger charge is 2.31. The lowest BCUT2D eigenvalue weighted by molar-refractivity contribution is -0.127. The van der Waals surface area contributed by atoms with Crippen LogP contribution in [0.25, 0.3) is 11.1 Å². The molecule has 0 saturated heterocycles. The summed E-state index contributed by atoms with van der Waals surface area (Å²) in [4.78, 5) is 52.6. The van der Waals surface area contributed by atoms with Crippen molar-refractivity contribution >= 4 is 29.6 Å². The first kappa shape index (κ1) is 34.2. The second-order valence-electron chi connectivity index (χ2n) is 12.0. The third kappa shape index (κ3) is 8.72. The van der Waals surface area contributed by atoms with E-state index < -0.39 is 24.1 Å². The molecule has 0 saturated carbocycles. The molecule has 0 spiro atoms. The fraction of sp³-hybridized carbons (Fsp3) is 0.389. The topological polar surface area (TPSA) is 126 Å². The van der Waals surface area contributed by atoms with Gasteiger partial charge >= 0.3 is 12.2 Å². The SMILES string of the molecule is CNCCN(C)C(=O)OCc1ccc(NC(=O)[C@H](C)CC(=O)[C@@H](NC(=O)OCC2c3ccccc3-c3ccccc32)C(C)C)cc1. The molecule has 3 amide bonds. The highest BCUT2D eigenvalue weighted by Crippen LogP contribution is 2.44. The number of hydrogen-bond acceptors (Lipinski definition) is 7. The molecule has 0 aromatic heterocycles. The first-order chi connectivity index (χ1) is 22.1. The van der Waals surface area contributed by atoms with Gasteiger partial charge in [0, 0.05) is 44.1 Å². The predicted octanol–water partition coefficient (Wildman–Crippen LogP) is 5.57. The van der Waals surface area contributed by atoms with Crippen LogP contribution in [0.1, 0.15) is 49.8 Å². The Morgan fingerprint density at radius 1 is 0.848 bits per heavy atom. The molecule has 10 heteroatoms. The number of fused-ring (bicyclic) bond motifs is 3. The number of benzene rings is 3. The Kier molecular flexibility index (Phi) is 11.9. The molecule has 2 atom stereocenters. The maximum absolute atomic E-state index is 13.3. The van der Waals surface area contributed by atoms with Crippen LogP contribution in [0.15, 0.2) is 72.8 Å². The first-order valence-electron chi connectivity index (χ1n) is 15.7. The van der Waals surface area contributed by atoms with Crippen molar-refractivity contribution in [3.63, 3.8) is 0 Å². The summed E-state index contributed by atoms with van der Waals surface area (Å²) in [5.41, 5.74) is 5.81. The number of likely N-dealkylation sites (N-methyl/N-ethyl adjacent to an activating group) is 2. The Morgan fingerprint density at radius 3 is 2.04 bits per heavy atom. The minimum atomic E-state index is -0.801. The number of carbonyl (C=O) groups excluding carboxylic acids is 4. The molecule has 4 rings (SSSR count). The van der Waals surface area contributed by atoms with E-state index in [2.05, 4.69) is 28.1 Å². The molecule has 0 heterocycles. The van der Waals surface area contributed by atoms with Crippen LogP contribution in [0.3, 0.4) is 0 Å². The molecule has 1 aliphatic rings. The standard InChI is InChI=1S/C36H44N4O6/c1-23(2)33(39-35(43)45-22-31-29-12-8-6-10-27(29)28-11-7-9-13-30(28)31)32(41)20-24(3)34(42)38-26-16-14-25(15-17-26)21-46-36(44)40(5)19-18-37-4/h6-17,23-24,31,33,37H,18-22H2,1-5H3,(H,38,42)(H,39,43)/t24-,33+/m1/s1. The monoisotopic (exact) mass is 628 g/mol. The van der Waals surface area contributed by atoms with Crippen LogP contribution < -0.4 is 16.0 Å². The summed E-state index contributed by atoms with van der Waals surface area (Å²) in [5.74, 6) is -1.49. The Morgan fingerprint density at radius 2 is 1.46 bits per heavy atom. The van der Waals surface area contributed by atoms with Gasteiger partial charge in [0.25, 0.3) is 0 Å². The lowest BCUT2D eigenvalue weighted by atomic mass is 9.93. The van der Waals surface area contributed by atoms with Gasteiger partial charge in [-0.2, -0.15) is 0 Å². The van der Waals surface area contributed by atoms with Crippen molar-refractivity contribution in [3.8, 4) is 11.1 Å². The van der Waals surface area contributed by atoms with E-state index in [1.807, 2.05) is 57.3 Å². The summed E-state index contributed by atoms with van der Waals surface area (Å²) in [7, 11) is 3.48. The zero-order chi connectivity index (χ0) is 33.2. The summed E-state index contributed by atoms with van der Waals surface area (Å²) in [5, 5.41) is 8.55. The van der Waals surface area contributed by atoms with Crippen LogP contribution >= 0.6 is 0 Å². The number of carbonyl (C=O) groups is 4. The molecular weight excluding hydrogens is 584 g/mol. The number of ether oxygens (including phenoxy) is 2. The predicted molar refractivity (Wildman–Crippen MR) is 177 cm³/mol. The number of nitrogens with zero attached hydrogens (tertiary/aromatic N) is 1. The molecule has 0 aliphatic heterocycles. The Hall–Kier alpha value is -4.70. The number of nitrogens with one attached hydrogen (secondary N) is 3. The summed E-state index contributed by atoms with van der Waals surface area (Å²) >= 11 is 0. The maximum atomic E-state index is 13.3. The number of hydrogen-bond donors (Lipinski definition) is 3. The van der Waals surface area contributed by atoms with Crippen LogP contribution in [-0.2, 0) is 25.7 Å². The number of amides is 3. The van der Waals surface area contributed by atoms with Crippen molar-refractivity contribution < 1.29 is 28.7 Å². The zero-order valence-corrected chi connectivity index (χ0v) is 27.2. The Bertz CT molecular complexity index is 1480. The second kappa shape index (κ2) is 16.0. The van der Waals surface area contributed by atoms with E-state index in [0.717, 1.165) is 27.8 Å². The minimum Gasteiger partial charge on any atom is -0.449 e. The van der Waals surface area contributed by atoms with Crippen LogP contribution in [-0.4, -0.2) is 68.6 Å². The molecule has 10 nitrogen and oxygen atoms in total. The molecule has 0 radical (unpaired) electrons. The zero-order valence-electron chi connectivity index (χ0n) is 27.2. The largest absolute Gasteiger partial charge is 0.449 e. The van der Waals surface area contributed by atoms with Crippen molar-refractivity contribution in [2.45, 2.75) is 45.8 Å². The molecule has 244 valence electrons. The van der Waals surface area contributed by atoms with Crippen LogP contribution in [0.5, 0.6) is 0 Å². The summed E-state index contributed by atoms with van der Waals surface area (Å²) in [6.07, 6.45) is -1.13. The highest BCUT2D eigenvalue weighted by molar-refractivity contribution is 5.97. The molecule has 3 aromatic carbocycles. The quantitative estimate of drug-likeness (QED) is 0.213. The van der Waals surface area contributed by atoms with E-state index in [1.54, 1.807) is 38.2 Å². The van der Waals surface area contributed by atoms with Gasteiger partial charge in [-0.25, -0.2) is 9.59 Å².